The van der Waals surface area contributed by atoms with Gasteiger partial charge in [-0.15, -0.1) is 0 Å². The molecule has 1 aromatic rings. The second-order valence-electron chi connectivity index (χ2n) is 9.10. The molecule has 0 saturated heterocycles. The van der Waals surface area contributed by atoms with Crippen LogP contribution in [0.3, 0.4) is 0 Å². The summed E-state index contributed by atoms with van der Waals surface area (Å²) in [5, 5.41) is 22.7. The van der Waals surface area contributed by atoms with E-state index in [0.717, 1.165) is 18.5 Å². The molecule has 0 atom stereocenters. The summed E-state index contributed by atoms with van der Waals surface area (Å²) in [6, 6.07) is 1.55. The molecule has 1 aliphatic carbocycles. The molecule has 35 heavy (non-hydrogen) atoms. The number of rotatable bonds is 5. The van der Waals surface area contributed by atoms with Crippen molar-refractivity contribution in [1.29, 1.82) is 0 Å². The van der Waals surface area contributed by atoms with E-state index < -0.39 is 62.7 Å². The molecule has 8 nitrogen and oxygen atoms in total. The second kappa shape index (κ2) is 11.2. The van der Waals surface area contributed by atoms with Gasteiger partial charge in [-0.05, 0) is 60.3 Å². The zero-order valence-corrected chi connectivity index (χ0v) is 20.3. The maximum Gasteiger partial charge on any atom is 0.346 e. The van der Waals surface area contributed by atoms with Gasteiger partial charge >= 0.3 is 11.7 Å². The third-order valence-corrected chi connectivity index (χ3v) is 6.15. The lowest BCUT2D eigenvalue weighted by molar-refractivity contribution is -0.940. The van der Waals surface area contributed by atoms with Crippen molar-refractivity contribution in [1.82, 2.24) is 0 Å². The largest absolute Gasteiger partial charge is 0.574 e. The summed E-state index contributed by atoms with van der Waals surface area (Å²) < 4.78 is 65.7. The highest BCUT2D eigenvalue weighted by Gasteiger charge is 2.42. The van der Waals surface area contributed by atoms with Crippen LogP contribution in [0, 0.1) is 33.4 Å². The van der Waals surface area contributed by atoms with Crippen LogP contribution < -0.4 is 10.0 Å². The van der Waals surface area contributed by atoms with Gasteiger partial charge in [-0.25, -0.2) is 13.6 Å². The van der Waals surface area contributed by atoms with Gasteiger partial charge in [0.25, 0.3) is 0 Å². The first kappa shape index (κ1) is 28.3. The molecule has 0 unspecified atom stereocenters. The van der Waals surface area contributed by atoms with Gasteiger partial charge in [-0.1, -0.05) is 6.42 Å². The Kier molecular flexibility index (Phi) is 9.10. The van der Waals surface area contributed by atoms with E-state index in [0.29, 0.717) is 12.8 Å². The minimum atomic E-state index is -2.35. The predicted molar refractivity (Wildman–Crippen MR) is 115 cm³/mol. The van der Waals surface area contributed by atoms with Gasteiger partial charge in [-0.3, -0.25) is 10.1 Å². The monoisotopic (exact) mass is 506 g/mol. The molecule has 1 N–H and O–H groups in total. The number of hydrogen-bond acceptors (Lipinski definition) is 6. The molecule has 2 aliphatic rings. The van der Waals surface area contributed by atoms with Crippen LogP contribution in [-0.4, -0.2) is 35.3 Å². The maximum atomic E-state index is 14.1. The highest BCUT2D eigenvalue weighted by Crippen LogP contribution is 2.42. The topological polar surface area (TPSA) is 106 Å². The molecular weight excluding hydrogens is 476 g/mol. The molecule has 1 spiro atoms. The quantitative estimate of drug-likeness (QED) is 0.216. The van der Waals surface area contributed by atoms with Crippen LogP contribution in [-0.2, 0) is 14.3 Å². The van der Waals surface area contributed by atoms with Crippen LogP contribution in [0.2, 0.25) is 0 Å². The van der Waals surface area contributed by atoms with Crippen molar-refractivity contribution in [3.05, 3.63) is 44.9 Å². The van der Waals surface area contributed by atoms with E-state index >= 15 is 0 Å². The second-order valence-corrected chi connectivity index (χ2v) is 9.10. The van der Waals surface area contributed by atoms with Crippen molar-refractivity contribution in [2.24, 2.45) is 0 Å². The molecule has 1 saturated carbocycles. The number of nitro benzene ring substituents is 1. The summed E-state index contributed by atoms with van der Waals surface area (Å²) in [7, 11) is 0. The first-order chi connectivity index (χ1) is 16.3. The van der Waals surface area contributed by atoms with Crippen molar-refractivity contribution in [3.63, 3.8) is 0 Å². The SMILES string of the molecule is CC[NH+](C(C)C)C(C)C.O=C1OC2(CCCCC2)OC([O-])=C1c1c(F)c(F)c([N+](=O)[O-])c(F)c1F. The fraction of sp³-hybridized carbons (Fsp3) is 0.609. The molecule has 196 valence electrons. The number of nitrogens with one attached hydrogen (secondary N) is 1. The van der Waals surface area contributed by atoms with E-state index in [9.17, 15) is 37.6 Å². The Hall–Kier alpha value is -2.89. The number of benzene rings is 1. The number of quaternary nitrogens is 1. The fourth-order valence-corrected chi connectivity index (χ4v) is 4.53. The van der Waals surface area contributed by atoms with Crippen molar-refractivity contribution < 1.29 is 46.8 Å². The summed E-state index contributed by atoms with van der Waals surface area (Å²) >= 11 is 0. The lowest BCUT2D eigenvalue weighted by Gasteiger charge is -2.46. The van der Waals surface area contributed by atoms with E-state index in [2.05, 4.69) is 34.6 Å². The normalized spacial score (nSPS) is 17.4. The number of nitro groups is 1. The third-order valence-electron chi connectivity index (χ3n) is 6.15. The standard InChI is InChI=1S/C15H11F4NO6.C8H19N/c16-8-6(9(17)11(19)12(10(8)18)20(23)24)7-13(21)25-15(26-14(7)22)4-2-1-3-5-15;1-6-9(7(2)3)8(4)5/h21H,1-5H2;7-8H,6H2,1-5H3. The lowest BCUT2D eigenvalue weighted by Crippen LogP contribution is -3.17. The number of carbonyl (C=O) groups excluding carboxylic acids is 1. The zero-order valence-electron chi connectivity index (χ0n) is 20.3. The van der Waals surface area contributed by atoms with Gasteiger partial charge in [-0.2, -0.15) is 8.78 Å². The molecule has 0 aromatic heterocycles. The number of ether oxygens (including phenoxy) is 2. The number of hydrogen-bond donors (Lipinski definition) is 1. The summed E-state index contributed by atoms with van der Waals surface area (Å²) in [6.07, 6.45) is 2.28. The first-order valence-electron chi connectivity index (χ1n) is 11.5. The van der Waals surface area contributed by atoms with Gasteiger partial charge in [0, 0.05) is 0 Å². The number of halogens is 4. The summed E-state index contributed by atoms with van der Waals surface area (Å²) in [5.41, 5.74) is -5.18. The molecule has 1 aromatic carbocycles. The number of carbonyl (C=O) groups is 1. The van der Waals surface area contributed by atoms with Crippen molar-refractivity contribution in [2.75, 3.05) is 6.54 Å². The molecule has 0 bridgehead atoms. The molecular formula is C23H30F4N2O6. The van der Waals surface area contributed by atoms with Gasteiger partial charge < -0.3 is 19.5 Å². The predicted octanol–water partition coefficient (Wildman–Crippen LogP) is 3.12. The van der Waals surface area contributed by atoms with Gasteiger partial charge in [0.15, 0.2) is 17.4 Å². The van der Waals surface area contributed by atoms with Gasteiger partial charge in [0.2, 0.25) is 11.6 Å². The number of esters is 1. The van der Waals surface area contributed by atoms with E-state index in [1.165, 1.54) is 6.54 Å². The van der Waals surface area contributed by atoms with Gasteiger partial charge in [0.05, 0.1) is 40.6 Å². The average Bonchev–Trinajstić information content (AvgIpc) is 2.75. The number of nitrogens with zero attached hydrogens (tertiary/aromatic N) is 1. The molecule has 1 aliphatic heterocycles. The summed E-state index contributed by atoms with van der Waals surface area (Å²) in [5.74, 6) is -13.9. The fourth-order valence-electron chi connectivity index (χ4n) is 4.53. The van der Waals surface area contributed by atoms with Gasteiger partial charge in [0.1, 0.15) is 0 Å². The molecule has 1 fully saturated rings. The maximum absolute atomic E-state index is 14.1. The Balaban J connectivity index is 0.000000410. The van der Waals surface area contributed by atoms with E-state index in [-0.39, 0.29) is 12.8 Å². The minimum absolute atomic E-state index is 0.172. The summed E-state index contributed by atoms with van der Waals surface area (Å²) in [4.78, 5) is 22.7. The smallest absolute Gasteiger partial charge is 0.346 e. The Labute approximate surface area is 200 Å². The van der Waals surface area contributed by atoms with Crippen LogP contribution in [0.25, 0.3) is 5.57 Å². The molecule has 1 heterocycles. The molecule has 0 radical (unpaired) electrons. The third kappa shape index (κ3) is 5.85. The van der Waals surface area contributed by atoms with Crippen molar-refractivity contribution in [2.45, 2.75) is 84.6 Å². The highest BCUT2D eigenvalue weighted by molar-refractivity contribution is 6.17. The lowest BCUT2D eigenvalue weighted by atomic mass is 9.93. The van der Waals surface area contributed by atoms with E-state index in [4.69, 9.17) is 9.47 Å². The Morgan fingerprint density at radius 1 is 0.943 bits per heavy atom. The van der Waals surface area contributed by atoms with Crippen LogP contribution >= 0.6 is 0 Å². The van der Waals surface area contributed by atoms with Crippen LogP contribution in [0.15, 0.2) is 5.95 Å². The van der Waals surface area contributed by atoms with Crippen LogP contribution in [0.4, 0.5) is 23.2 Å². The minimum Gasteiger partial charge on any atom is -0.574 e. The Morgan fingerprint density at radius 3 is 1.77 bits per heavy atom. The highest BCUT2D eigenvalue weighted by atomic mass is 19.2. The average molecular weight is 506 g/mol. The Bertz CT molecular complexity index is 969. The molecule has 0 amide bonds. The van der Waals surface area contributed by atoms with Crippen LogP contribution in [0.5, 0.6) is 0 Å². The van der Waals surface area contributed by atoms with Crippen molar-refractivity contribution in [3.8, 4) is 0 Å². The Morgan fingerprint density at radius 2 is 1.43 bits per heavy atom. The van der Waals surface area contributed by atoms with E-state index in [1.54, 1.807) is 4.90 Å². The zero-order chi connectivity index (χ0) is 26.7. The van der Waals surface area contributed by atoms with Crippen molar-refractivity contribution >= 4 is 17.2 Å². The molecule has 3 rings (SSSR count). The van der Waals surface area contributed by atoms with Crippen LogP contribution in [0.1, 0.15) is 72.3 Å². The summed E-state index contributed by atoms with van der Waals surface area (Å²) in [6.45, 7) is 12.6. The first-order valence-corrected chi connectivity index (χ1v) is 11.5. The van der Waals surface area contributed by atoms with E-state index in [1.807, 2.05) is 0 Å². The molecule has 12 heteroatoms.